The van der Waals surface area contributed by atoms with E-state index in [0.717, 1.165) is 24.8 Å². The number of ether oxygens (including phenoxy) is 3. The van der Waals surface area contributed by atoms with Crippen LogP contribution in [-0.4, -0.2) is 47.7 Å². The maximum absolute atomic E-state index is 12.0. The lowest BCUT2D eigenvalue weighted by Crippen LogP contribution is -2.48. The maximum atomic E-state index is 12.0. The fraction of sp³-hybridized carbons (Fsp3) is 0.762. The van der Waals surface area contributed by atoms with Gasteiger partial charge in [-0.25, -0.2) is 4.79 Å². The van der Waals surface area contributed by atoms with Crippen molar-refractivity contribution in [1.82, 2.24) is 0 Å². The zero-order valence-corrected chi connectivity index (χ0v) is 16.6. The predicted octanol–water partition coefficient (Wildman–Crippen LogP) is 3.45. The second-order valence-corrected chi connectivity index (χ2v) is 8.52. The third kappa shape index (κ3) is 3.49. The van der Waals surface area contributed by atoms with Crippen molar-refractivity contribution in [3.05, 3.63) is 22.8 Å². The van der Waals surface area contributed by atoms with Gasteiger partial charge in [-0.15, -0.1) is 0 Å². The summed E-state index contributed by atoms with van der Waals surface area (Å²) < 4.78 is 18.0. The molecule has 146 valence electrons. The minimum Gasteiger partial charge on any atom is -0.450 e. The van der Waals surface area contributed by atoms with E-state index in [1.807, 2.05) is 13.8 Å². The number of methoxy groups -OCH3 is 1. The molecule has 1 N–H and O–H groups in total. The van der Waals surface area contributed by atoms with Crippen molar-refractivity contribution in [2.24, 2.45) is 0 Å². The molecule has 2 bridgehead atoms. The van der Waals surface area contributed by atoms with E-state index in [0.29, 0.717) is 24.8 Å². The first-order valence-corrected chi connectivity index (χ1v) is 9.67. The summed E-state index contributed by atoms with van der Waals surface area (Å²) in [5.41, 5.74) is 1.82. The number of allylic oxidation sites excluding steroid dienone is 1. The van der Waals surface area contributed by atoms with Crippen LogP contribution < -0.4 is 0 Å². The molecule has 3 aliphatic rings. The minimum atomic E-state index is -0.664. The van der Waals surface area contributed by atoms with E-state index in [9.17, 15) is 9.90 Å². The Balaban J connectivity index is 1.98. The number of rotatable bonds is 1. The molecule has 0 spiro atoms. The molecule has 3 rings (SSSR count). The van der Waals surface area contributed by atoms with Crippen LogP contribution in [0.4, 0.5) is 0 Å². The molecule has 3 heterocycles. The van der Waals surface area contributed by atoms with Crippen LogP contribution in [0.2, 0.25) is 0 Å². The van der Waals surface area contributed by atoms with Crippen LogP contribution in [-0.2, 0) is 19.0 Å². The molecule has 0 aliphatic carbocycles. The Labute approximate surface area is 156 Å². The normalized spacial score (nSPS) is 43.7. The SMILES string of the molecule is CO[C@@]1(C)CC[C@H](O)[C@@]2(C)CCC3=C(C)C(=O)O[C@@H]3/C=C(\C)CC[C@H]1O2. The third-order valence-corrected chi connectivity index (χ3v) is 6.67. The second-order valence-electron chi connectivity index (χ2n) is 8.52. The van der Waals surface area contributed by atoms with Crippen molar-refractivity contribution in [3.63, 3.8) is 0 Å². The van der Waals surface area contributed by atoms with Crippen molar-refractivity contribution in [3.8, 4) is 0 Å². The van der Waals surface area contributed by atoms with Gasteiger partial charge in [0, 0.05) is 12.7 Å². The molecule has 5 atom stereocenters. The van der Waals surface area contributed by atoms with Gasteiger partial charge in [0.25, 0.3) is 0 Å². The quantitative estimate of drug-likeness (QED) is 0.570. The molecule has 0 aromatic heterocycles. The highest BCUT2D eigenvalue weighted by atomic mass is 16.6. The summed E-state index contributed by atoms with van der Waals surface area (Å²) in [6.45, 7) is 7.98. The fourth-order valence-corrected chi connectivity index (χ4v) is 4.41. The highest BCUT2D eigenvalue weighted by Crippen LogP contribution is 2.42. The van der Waals surface area contributed by atoms with Crippen LogP contribution in [0.1, 0.15) is 66.2 Å². The zero-order valence-electron chi connectivity index (χ0n) is 16.6. The molecule has 0 unspecified atom stereocenters. The summed E-state index contributed by atoms with van der Waals surface area (Å²) in [5.74, 6) is -0.233. The van der Waals surface area contributed by atoms with Gasteiger partial charge in [-0.3, -0.25) is 0 Å². The summed E-state index contributed by atoms with van der Waals surface area (Å²) in [4.78, 5) is 12.0. The van der Waals surface area contributed by atoms with Gasteiger partial charge in [0.2, 0.25) is 0 Å². The van der Waals surface area contributed by atoms with E-state index in [-0.39, 0.29) is 18.2 Å². The van der Waals surface area contributed by atoms with Crippen LogP contribution >= 0.6 is 0 Å². The Morgan fingerprint density at radius 2 is 1.92 bits per heavy atom. The average Bonchev–Trinajstić information content (AvgIpc) is 2.80. The van der Waals surface area contributed by atoms with Crippen LogP contribution in [0.3, 0.4) is 0 Å². The van der Waals surface area contributed by atoms with Crippen LogP contribution in [0.5, 0.6) is 0 Å². The standard InChI is InChI=1S/C21H32O5/c1-13-6-7-18-21(4,24-5)11-9-17(22)20(3,26-18)10-8-15-14(2)19(23)25-16(15)12-13/h12,16-18,22H,6-11H2,1-5H3/b13-12+/t16-,17+,18-,20-,21+/m1/s1. The molecule has 5 heteroatoms. The highest BCUT2D eigenvalue weighted by molar-refractivity contribution is 5.92. The van der Waals surface area contributed by atoms with E-state index in [4.69, 9.17) is 14.2 Å². The van der Waals surface area contributed by atoms with Crippen molar-refractivity contribution in [1.29, 1.82) is 0 Å². The molecule has 0 radical (unpaired) electrons. The smallest absolute Gasteiger partial charge is 0.334 e. The maximum Gasteiger partial charge on any atom is 0.334 e. The van der Waals surface area contributed by atoms with E-state index < -0.39 is 17.3 Å². The number of carbonyl (C=O) groups is 1. The molecule has 26 heavy (non-hydrogen) atoms. The van der Waals surface area contributed by atoms with Crippen molar-refractivity contribution in [2.75, 3.05) is 7.11 Å². The summed E-state index contributed by atoms with van der Waals surface area (Å²) in [5, 5.41) is 10.8. The van der Waals surface area contributed by atoms with E-state index in [2.05, 4.69) is 19.9 Å². The van der Waals surface area contributed by atoms with E-state index in [1.165, 1.54) is 5.57 Å². The Hall–Kier alpha value is -1.17. The topological polar surface area (TPSA) is 65.0 Å². The molecule has 0 saturated carbocycles. The molecule has 0 aromatic carbocycles. The van der Waals surface area contributed by atoms with Crippen LogP contribution in [0.15, 0.2) is 22.8 Å². The van der Waals surface area contributed by atoms with Gasteiger partial charge in [0.15, 0.2) is 0 Å². The van der Waals surface area contributed by atoms with Gasteiger partial charge in [-0.2, -0.15) is 0 Å². The molecule has 5 nitrogen and oxygen atoms in total. The number of hydrogen-bond donors (Lipinski definition) is 1. The Bertz CT molecular complexity index is 636. The van der Waals surface area contributed by atoms with E-state index in [1.54, 1.807) is 7.11 Å². The molecule has 1 fully saturated rings. The lowest BCUT2D eigenvalue weighted by atomic mass is 9.85. The van der Waals surface area contributed by atoms with Crippen molar-refractivity contribution >= 4 is 5.97 Å². The first kappa shape index (κ1) is 19.6. The lowest BCUT2D eigenvalue weighted by Gasteiger charge is -2.40. The highest BCUT2D eigenvalue weighted by Gasteiger charge is 2.47. The number of carbonyl (C=O) groups excluding carboxylic acids is 1. The van der Waals surface area contributed by atoms with Gasteiger partial charge < -0.3 is 19.3 Å². The Kier molecular flexibility index (Phi) is 5.35. The molecule has 3 aliphatic heterocycles. The fourth-order valence-electron chi connectivity index (χ4n) is 4.41. The molecular formula is C21H32O5. The molecule has 0 amide bonds. The monoisotopic (exact) mass is 364 g/mol. The number of esters is 1. The number of aliphatic hydroxyl groups excluding tert-OH is 1. The average molecular weight is 364 g/mol. The number of hydrogen-bond acceptors (Lipinski definition) is 5. The van der Waals surface area contributed by atoms with Crippen LogP contribution in [0.25, 0.3) is 0 Å². The molecular weight excluding hydrogens is 332 g/mol. The third-order valence-electron chi connectivity index (χ3n) is 6.67. The first-order chi connectivity index (χ1) is 12.2. The van der Waals surface area contributed by atoms with E-state index >= 15 is 0 Å². The van der Waals surface area contributed by atoms with Gasteiger partial charge in [-0.05, 0) is 77.9 Å². The molecule has 1 saturated heterocycles. The second kappa shape index (κ2) is 7.10. The zero-order chi connectivity index (χ0) is 19.1. The van der Waals surface area contributed by atoms with Crippen molar-refractivity contribution < 1.29 is 24.1 Å². The summed E-state index contributed by atoms with van der Waals surface area (Å²) >= 11 is 0. The van der Waals surface area contributed by atoms with Gasteiger partial charge in [0.05, 0.1) is 23.4 Å². The minimum absolute atomic E-state index is 0.0893. The van der Waals surface area contributed by atoms with Crippen LogP contribution in [0, 0.1) is 0 Å². The Morgan fingerprint density at radius 3 is 2.62 bits per heavy atom. The van der Waals surface area contributed by atoms with Gasteiger partial charge >= 0.3 is 5.97 Å². The van der Waals surface area contributed by atoms with Gasteiger partial charge in [-0.1, -0.05) is 5.57 Å². The van der Waals surface area contributed by atoms with Crippen molar-refractivity contribution in [2.45, 2.75) is 95.7 Å². The molecule has 0 aromatic rings. The number of aliphatic hydroxyl groups is 1. The Morgan fingerprint density at radius 1 is 1.19 bits per heavy atom. The summed E-state index contributed by atoms with van der Waals surface area (Å²) in [6, 6.07) is 0. The lowest BCUT2D eigenvalue weighted by molar-refractivity contribution is -0.187. The first-order valence-electron chi connectivity index (χ1n) is 9.67. The number of fused-ring (bicyclic) bond motifs is 3. The predicted molar refractivity (Wildman–Crippen MR) is 98.7 cm³/mol. The van der Waals surface area contributed by atoms with Gasteiger partial charge in [0.1, 0.15) is 6.10 Å². The summed E-state index contributed by atoms with van der Waals surface area (Å²) in [7, 11) is 1.73. The largest absolute Gasteiger partial charge is 0.450 e. The summed E-state index contributed by atoms with van der Waals surface area (Å²) in [6.07, 6.45) is 5.52.